The molecule has 0 bridgehead atoms. The van der Waals surface area contributed by atoms with Crippen LogP contribution >= 0.6 is 11.6 Å². The molecule has 1 unspecified atom stereocenters. The van der Waals surface area contributed by atoms with E-state index in [0.717, 1.165) is 5.56 Å². The first-order chi connectivity index (χ1) is 15.5. The lowest BCUT2D eigenvalue weighted by molar-refractivity contribution is -0.140. The molecule has 8 nitrogen and oxygen atoms in total. The molecule has 0 saturated carbocycles. The Hall–Kier alpha value is -3.78. The molecule has 3 aromatic rings. The number of aromatic nitrogens is 1. The van der Waals surface area contributed by atoms with Crippen LogP contribution in [0, 0.1) is 0 Å². The van der Waals surface area contributed by atoms with Gasteiger partial charge in [0, 0.05) is 25.0 Å². The topological polar surface area (TPSA) is 102 Å². The highest BCUT2D eigenvalue weighted by Gasteiger charge is 2.47. The van der Waals surface area contributed by atoms with Crippen molar-refractivity contribution in [3.63, 3.8) is 0 Å². The van der Waals surface area contributed by atoms with E-state index in [1.807, 2.05) is 0 Å². The second-order valence-electron chi connectivity index (χ2n) is 6.99. The van der Waals surface area contributed by atoms with Crippen molar-refractivity contribution < 1.29 is 28.6 Å². The van der Waals surface area contributed by atoms with E-state index in [0.29, 0.717) is 11.5 Å². The van der Waals surface area contributed by atoms with Gasteiger partial charge in [0.25, 0.3) is 11.7 Å². The zero-order valence-corrected chi connectivity index (χ0v) is 18.0. The number of likely N-dealkylation sites (tertiary alicyclic amines) is 1. The Balaban J connectivity index is 1.88. The van der Waals surface area contributed by atoms with Gasteiger partial charge >= 0.3 is 0 Å². The fourth-order valence-corrected chi connectivity index (χ4v) is 3.91. The van der Waals surface area contributed by atoms with E-state index < -0.39 is 23.5 Å². The third-order valence-electron chi connectivity index (χ3n) is 5.16. The van der Waals surface area contributed by atoms with Crippen molar-refractivity contribution in [2.24, 2.45) is 0 Å². The predicted octanol–water partition coefficient (Wildman–Crippen LogP) is 3.97. The third kappa shape index (κ3) is 3.69. The summed E-state index contributed by atoms with van der Waals surface area (Å²) >= 11 is 6.24. The molecule has 1 aromatic carbocycles. The lowest BCUT2D eigenvalue weighted by atomic mass is 9.98. The first-order valence-corrected chi connectivity index (χ1v) is 9.96. The van der Waals surface area contributed by atoms with Crippen molar-refractivity contribution in [2.45, 2.75) is 12.6 Å². The van der Waals surface area contributed by atoms with Crippen LogP contribution in [0.3, 0.4) is 0 Å². The van der Waals surface area contributed by atoms with Crippen molar-refractivity contribution in [3.8, 4) is 11.5 Å². The summed E-state index contributed by atoms with van der Waals surface area (Å²) in [6, 6.07) is 8.77. The average Bonchev–Trinajstić information content (AvgIpc) is 3.42. The van der Waals surface area contributed by atoms with Gasteiger partial charge in [-0.2, -0.15) is 0 Å². The highest BCUT2D eigenvalue weighted by Crippen LogP contribution is 2.43. The lowest BCUT2D eigenvalue weighted by Crippen LogP contribution is -2.29. The summed E-state index contributed by atoms with van der Waals surface area (Å²) in [6.45, 7) is 0.0983. The van der Waals surface area contributed by atoms with Gasteiger partial charge in [0.15, 0.2) is 0 Å². The fourth-order valence-electron chi connectivity index (χ4n) is 3.66. The quantitative estimate of drug-likeness (QED) is 0.341. The van der Waals surface area contributed by atoms with Gasteiger partial charge in [-0.25, -0.2) is 0 Å². The van der Waals surface area contributed by atoms with Crippen LogP contribution in [0.25, 0.3) is 5.76 Å². The maximum Gasteiger partial charge on any atom is 0.296 e. The smallest absolute Gasteiger partial charge is 0.296 e. The van der Waals surface area contributed by atoms with Crippen LogP contribution < -0.4 is 9.47 Å². The Morgan fingerprint density at radius 3 is 2.59 bits per heavy atom. The summed E-state index contributed by atoms with van der Waals surface area (Å²) in [7, 11) is 2.85. The molecule has 1 saturated heterocycles. The zero-order valence-electron chi connectivity index (χ0n) is 17.2. The van der Waals surface area contributed by atoms with Crippen LogP contribution in [-0.2, 0) is 16.1 Å². The summed E-state index contributed by atoms with van der Waals surface area (Å²) in [5, 5.41) is 11.4. The first kappa shape index (κ1) is 21.5. The molecule has 32 heavy (non-hydrogen) atoms. The summed E-state index contributed by atoms with van der Waals surface area (Å²) in [4.78, 5) is 31.4. The number of rotatable bonds is 6. The van der Waals surface area contributed by atoms with Crippen LogP contribution in [0.4, 0.5) is 0 Å². The minimum absolute atomic E-state index is 0.0983. The maximum atomic E-state index is 13.1. The Labute approximate surface area is 188 Å². The summed E-state index contributed by atoms with van der Waals surface area (Å²) in [5.74, 6) is -1.16. The van der Waals surface area contributed by atoms with E-state index in [-0.39, 0.29) is 28.5 Å². The van der Waals surface area contributed by atoms with Crippen LogP contribution in [0.5, 0.6) is 11.5 Å². The number of hydrogen-bond donors (Lipinski definition) is 1. The number of nitrogens with zero attached hydrogens (tertiary/aromatic N) is 2. The van der Waals surface area contributed by atoms with E-state index >= 15 is 0 Å². The van der Waals surface area contributed by atoms with Crippen LogP contribution in [0.2, 0.25) is 5.02 Å². The average molecular weight is 455 g/mol. The van der Waals surface area contributed by atoms with E-state index in [1.165, 1.54) is 37.5 Å². The normalized spacial score (nSPS) is 17.6. The van der Waals surface area contributed by atoms with Gasteiger partial charge in [-0.1, -0.05) is 17.7 Å². The number of hydrogen-bond acceptors (Lipinski definition) is 7. The number of methoxy groups -OCH3 is 2. The molecule has 1 atom stereocenters. The van der Waals surface area contributed by atoms with Gasteiger partial charge in [-0.15, -0.1) is 0 Å². The summed E-state index contributed by atoms with van der Waals surface area (Å²) in [5.41, 5.74) is 0.735. The van der Waals surface area contributed by atoms with Gasteiger partial charge in [0.05, 0.1) is 36.6 Å². The molecule has 9 heteroatoms. The number of furan rings is 1. The molecule has 0 radical (unpaired) electrons. The third-order valence-corrected chi connectivity index (χ3v) is 5.45. The maximum absolute atomic E-state index is 13.1. The van der Waals surface area contributed by atoms with Crippen molar-refractivity contribution in [2.75, 3.05) is 14.2 Å². The molecular formula is C23H19ClN2O6. The standard InChI is InChI=1S/C23H19ClN2O6/c1-30-17-10-18(31-2)15(24)9-14(17)21(27)19-20(16-6-4-8-32-16)26(23(29)22(19)28)12-13-5-3-7-25-11-13/h3-11,20,27H,12H2,1-2H3/b21-19-. The molecule has 0 aliphatic carbocycles. The van der Waals surface area contributed by atoms with Gasteiger partial charge in [0.1, 0.15) is 29.1 Å². The summed E-state index contributed by atoms with van der Waals surface area (Å²) in [6.07, 6.45) is 4.65. The number of carbonyl (C=O) groups is 2. The Morgan fingerprint density at radius 2 is 1.97 bits per heavy atom. The Kier molecular flexibility index (Phi) is 5.87. The van der Waals surface area contributed by atoms with Gasteiger partial charge in [-0.3, -0.25) is 14.6 Å². The zero-order chi connectivity index (χ0) is 22.8. The number of ether oxygens (including phenoxy) is 2. The molecule has 1 aliphatic heterocycles. The number of Topliss-reactive ketones (excluding diaryl/α,β-unsaturated/α-hetero) is 1. The van der Waals surface area contributed by atoms with Crippen LogP contribution in [0.1, 0.15) is 22.9 Å². The van der Waals surface area contributed by atoms with E-state index in [4.69, 9.17) is 25.5 Å². The van der Waals surface area contributed by atoms with Crippen LogP contribution in [-0.4, -0.2) is 40.9 Å². The Bertz CT molecular complexity index is 1190. The molecule has 164 valence electrons. The molecule has 1 fully saturated rings. The molecular weight excluding hydrogens is 436 g/mol. The fraction of sp³-hybridized carbons (Fsp3) is 0.174. The van der Waals surface area contributed by atoms with Gasteiger partial charge in [-0.05, 0) is 29.8 Å². The first-order valence-electron chi connectivity index (χ1n) is 9.58. The number of aliphatic hydroxyl groups is 1. The van der Waals surface area contributed by atoms with E-state index in [2.05, 4.69) is 4.98 Å². The molecule has 3 heterocycles. The minimum atomic E-state index is -0.948. The lowest BCUT2D eigenvalue weighted by Gasteiger charge is -2.23. The number of amides is 1. The number of pyridine rings is 1. The van der Waals surface area contributed by atoms with Crippen LogP contribution in [0.15, 0.2) is 65.0 Å². The Morgan fingerprint density at radius 1 is 1.19 bits per heavy atom. The molecule has 4 rings (SSSR count). The largest absolute Gasteiger partial charge is 0.507 e. The van der Waals surface area contributed by atoms with Gasteiger partial charge in [0.2, 0.25) is 0 Å². The minimum Gasteiger partial charge on any atom is -0.507 e. The SMILES string of the molecule is COc1cc(OC)c(/C(O)=C2/C(=O)C(=O)N(Cc3cccnc3)C2c2ccco2)cc1Cl. The number of ketones is 1. The molecule has 2 aromatic heterocycles. The van der Waals surface area contributed by atoms with Crippen molar-refractivity contribution in [1.82, 2.24) is 9.88 Å². The summed E-state index contributed by atoms with van der Waals surface area (Å²) < 4.78 is 16.1. The number of aliphatic hydroxyl groups excluding tert-OH is 1. The van der Waals surface area contributed by atoms with Crippen molar-refractivity contribution >= 4 is 29.1 Å². The van der Waals surface area contributed by atoms with E-state index in [1.54, 1.807) is 36.7 Å². The molecule has 0 spiro atoms. The molecule has 1 aliphatic rings. The van der Waals surface area contributed by atoms with E-state index in [9.17, 15) is 14.7 Å². The number of benzene rings is 1. The monoisotopic (exact) mass is 454 g/mol. The number of carbonyl (C=O) groups excluding carboxylic acids is 2. The number of halogens is 1. The highest BCUT2D eigenvalue weighted by molar-refractivity contribution is 6.46. The van der Waals surface area contributed by atoms with Crippen molar-refractivity contribution in [1.29, 1.82) is 0 Å². The molecule has 1 amide bonds. The molecule has 1 N–H and O–H groups in total. The highest BCUT2D eigenvalue weighted by atomic mass is 35.5. The predicted molar refractivity (Wildman–Crippen MR) is 115 cm³/mol. The second-order valence-corrected chi connectivity index (χ2v) is 7.40. The second kappa shape index (κ2) is 8.76. The van der Waals surface area contributed by atoms with Gasteiger partial charge < -0.3 is 23.9 Å². The van der Waals surface area contributed by atoms with Crippen molar-refractivity contribution in [3.05, 3.63) is 82.5 Å².